The minimum Gasteiger partial charge on any atom is -0.394 e. The highest BCUT2D eigenvalue weighted by Crippen LogP contribution is 2.37. The molecule has 27 heavy (non-hydrogen) atoms. The summed E-state index contributed by atoms with van der Waals surface area (Å²) in [6.45, 7) is 1.65. The molecule has 4 N–H and O–H groups in total. The molecule has 0 fully saturated rings. The zero-order valence-corrected chi connectivity index (χ0v) is 14.9. The summed E-state index contributed by atoms with van der Waals surface area (Å²) in [4.78, 5) is 17.4. The van der Waals surface area contributed by atoms with Crippen molar-refractivity contribution in [2.75, 3.05) is 18.5 Å². The molecule has 1 amide bonds. The molecule has 2 aromatic rings. The summed E-state index contributed by atoms with van der Waals surface area (Å²) in [5, 5.41) is 14.5. The van der Waals surface area contributed by atoms with E-state index in [1.54, 1.807) is 19.1 Å². The summed E-state index contributed by atoms with van der Waals surface area (Å²) in [5.41, 5.74) is 4.17. The Labute approximate surface area is 154 Å². The van der Waals surface area contributed by atoms with Crippen LogP contribution in [0.25, 0.3) is 5.83 Å². The maximum Gasteiger partial charge on any atom is 0.293 e. The first-order valence-electron chi connectivity index (χ1n) is 8.31. The Morgan fingerprint density at radius 1 is 1.41 bits per heavy atom. The number of benzene rings is 1. The standard InChI is InChI=1S/C18H20F2N4O3/c1-10-3-4-14(12(19)7-10)22-15-11-8-21-9-13(20)16(11)24(2)17(15)18(26)23-27-6-5-25/h3-4,7,9,21-22,25H,5-6,8H2,1-2H3,(H,23,26). The molecule has 7 nitrogen and oxygen atoms in total. The second kappa shape index (κ2) is 7.77. The molecule has 0 aliphatic carbocycles. The van der Waals surface area contributed by atoms with Gasteiger partial charge in [0.2, 0.25) is 0 Å². The molecule has 0 bridgehead atoms. The average molecular weight is 378 g/mol. The van der Waals surface area contributed by atoms with Gasteiger partial charge in [0.1, 0.15) is 11.5 Å². The largest absolute Gasteiger partial charge is 0.394 e. The van der Waals surface area contributed by atoms with Gasteiger partial charge >= 0.3 is 0 Å². The summed E-state index contributed by atoms with van der Waals surface area (Å²) >= 11 is 0. The fraction of sp³-hybridized carbons (Fsp3) is 0.278. The van der Waals surface area contributed by atoms with Gasteiger partial charge in [-0.1, -0.05) is 6.07 Å². The van der Waals surface area contributed by atoms with E-state index in [-0.39, 0.29) is 42.5 Å². The summed E-state index contributed by atoms with van der Waals surface area (Å²) in [6, 6.07) is 4.64. The van der Waals surface area contributed by atoms with Gasteiger partial charge in [-0.25, -0.2) is 14.3 Å². The number of rotatable bonds is 6. The SMILES string of the molecule is Cc1ccc(Nc2c3c(n(C)c2C(=O)NOCCO)C(F)=CNC3)c(F)c1. The highest BCUT2D eigenvalue weighted by molar-refractivity contribution is 6.01. The van der Waals surface area contributed by atoms with E-state index in [4.69, 9.17) is 9.94 Å². The Bertz CT molecular complexity index is 908. The Hall–Kier alpha value is -2.91. The molecule has 3 rings (SSSR count). The van der Waals surface area contributed by atoms with Gasteiger partial charge in [-0.15, -0.1) is 0 Å². The number of carbonyl (C=O) groups excluding carboxylic acids is 1. The molecule has 0 saturated heterocycles. The van der Waals surface area contributed by atoms with Crippen LogP contribution in [0.1, 0.15) is 27.3 Å². The second-order valence-corrected chi connectivity index (χ2v) is 6.09. The highest BCUT2D eigenvalue weighted by Gasteiger charge is 2.29. The predicted octanol–water partition coefficient (Wildman–Crippen LogP) is 2.24. The smallest absolute Gasteiger partial charge is 0.293 e. The van der Waals surface area contributed by atoms with Crippen LogP contribution in [-0.2, 0) is 18.4 Å². The Balaban J connectivity index is 2.06. The molecule has 1 aliphatic rings. The number of amides is 1. The van der Waals surface area contributed by atoms with E-state index in [1.165, 1.54) is 23.9 Å². The van der Waals surface area contributed by atoms with Crippen LogP contribution in [0.3, 0.4) is 0 Å². The number of nitrogens with zero attached hydrogens (tertiary/aromatic N) is 1. The summed E-state index contributed by atoms with van der Waals surface area (Å²) in [5.74, 6) is -1.68. The van der Waals surface area contributed by atoms with Crippen molar-refractivity contribution in [2.45, 2.75) is 13.5 Å². The molecule has 2 heterocycles. The zero-order valence-electron chi connectivity index (χ0n) is 14.9. The van der Waals surface area contributed by atoms with Crippen molar-refractivity contribution in [2.24, 2.45) is 7.05 Å². The number of hydrogen-bond donors (Lipinski definition) is 4. The van der Waals surface area contributed by atoms with Crippen molar-refractivity contribution < 1.29 is 23.5 Å². The Kier molecular flexibility index (Phi) is 5.43. The maximum absolute atomic E-state index is 14.4. The van der Waals surface area contributed by atoms with Crippen LogP contribution < -0.4 is 16.1 Å². The molecule has 1 aromatic carbocycles. The Morgan fingerprint density at radius 2 is 2.19 bits per heavy atom. The number of aliphatic hydroxyl groups is 1. The lowest BCUT2D eigenvalue weighted by Gasteiger charge is -2.14. The average Bonchev–Trinajstić information content (AvgIpc) is 2.91. The third kappa shape index (κ3) is 3.64. The van der Waals surface area contributed by atoms with Gasteiger partial charge in [0.15, 0.2) is 5.83 Å². The molecule has 0 unspecified atom stereocenters. The molecule has 1 aliphatic heterocycles. The quantitative estimate of drug-likeness (QED) is 0.458. The Morgan fingerprint density at radius 3 is 2.89 bits per heavy atom. The number of hydroxylamine groups is 1. The van der Waals surface area contributed by atoms with Crippen LogP contribution in [0, 0.1) is 12.7 Å². The minimum atomic E-state index is -0.650. The van der Waals surface area contributed by atoms with Gasteiger partial charge in [0.05, 0.1) is 30.3 Å². The van der Waals surface area contributed by atoms with Gasteiger partial charge in [-0.3, -0.25) is 9.63 Å². The lowest BCUT2D eigenvalue weighted by atomic mass is 10.1. The fourth-order valence-electron chi connectivity index (χ4n) is 3.00. The molecular formula is C18H20F2N4O3. The molecule has 9 heteroatoms. The first-order valence-corrected chi connectivity index (χ1v) is 8.31. The minimum absolute atomic E-state index is 0.0742. The molecule has 0 saturated carbocycles. The lowest BCUT2D eigenvalue weighted by molar-refractivity contribution is 0.0163. The zero-order chi connectivity index (χ0) is 19.6. The van der Waals surface area contributed by atoms with Crippen molar-refractivity contribution in [1.82, 2.24) is 15.4 Å². The van der Waals surface area contributed by atoms with Crippen molar-refractivity contribution >= 4 is 23.1 Å². The first kappa shape index (κ1) is 18.9. The van der Waals surface area contributed by atoms with E-state index in [9.17, 15) is 13.6 Å². The number of nitrogens with one attached hydrogen (secondary N) is 3. The topological polar surface area (TPSA) is 87.6 Å². The van der Waals surface area contributed by atoms with Crippen molar-refractivity contribution in [3.05, 3.63) is 52.7 Å². The summed E-state index contributed by atoms with van der Waals surface area (Å²) in [7, 11) is 1.54. The van der Waals surface area contributed by atoms with E-state index in [0.29, 0.717) is 5.56 Å². The van der Waals surface area contributed by atoms with Gasteiger partial charge in [-0.2, -0.15) is 0 Å². The molecule has 0 radical (unpaired) electrons. The number of halogens is 2. The lowest BCUT2D eigenvalue weighted by Crippen LogP contribution is -2.27. The van der Waals surface area contributed by atoms with Crippen LogP contribution in [0.4, 0.5) is 20.2 Å². The van der Waals surface area contributed by atoms with Crippen molar-refractivity contribution in [1.29, 1.82) is 0 Å². The fourth-order valence-corrected chi connectivity index (χ4v) is 3.00. The second-order valence-electron chi connectivity index (χ2n) is 6.09. The van der Waals surface area contributed by atoms with E-state index < -0.39 is 17.6 Å². The van der Waals surface area contributed by atoms with Crippen LogP contribution in [0.2, 0.25) is 0 Å². The van der Waals surface area contributed by atoms with Crippen LogP contribution in [0.5, 0.6) is 0 Å². The number of fused-ring (bicyclic) bond motifs is 1. The predicted molar refractivity (Wildman–Crippen MR) is 96.3 cm³/mol. The number of hydrogen-bond acceptors (Lipinski definition) is 5. The van der Waals surface area contributed by atoms with E-state index >= 15 is 0 Å². The van der Waals surface area contributed by atoms with Crippen molar-refractivity contribution in [3.8, 4) is 0 Å². The molecule has 0 spiro atoms. The highest BCUT2D eigenvalue weighted by atomic mass is 19.1. The summed E-state index contributed by atoms with van der Waals surface area (Å²) < 4.78 is 30.0. The maximum atomic E-state index is 14.4. The number of anilines is 2. The van der Waals surface area contributed by atoms with Crippen molar-refractivity contribution in [3.63, 3.8) is 0 Å². The van der Waals surface area contributed by atoms with E-state index in [1.807, 2.05) is 0 Å². The third-order valence-electron chi connectivity index (χ3n) is 4.19. The normalized spacial score (nSPS) is 12.9. The number of aromatic nitrogens is 1. The number of aryl methyl sites for hydroxylation is 1. The van der Waals surface area contributed by atoms with Gasteiger partial charge in [0, 0.05) is 25.4 Å². The van der Waals surface area contributed by atoms with Gasteiger partial charge in [-0.05, 0) is 24.6 Å². The van der Waals surface area contributed by atoms with E-state index in [2.05, 4.69) is 16.1 Å². The molecule has 0 atom stereocenters. The van der Waals surface area contributed by atoms with Crippen LogP contribution >= 0.6 is 0 Å². The molecular weight excluding hydrogens is 358 g/mol. The van der Waals surface area contributed by atoms with Gasteiger partial charge in [0.25, 0.3) is 5.91 Å². The summed E-state index contributed by atoms with van der Waals surface area (Å²) in [6.07, 6.45) is 1.21. The van der Waals surface area contributed by atoms with Crippen LogP contribution in [-0.4, -0.2) is 28.8 Å². The monoisotopic (exact) mass is 378 g/mol. The molecule has 144 valence electrons. The first-order chi connectivity index (χ1) is 12.9. The van der Waals surface area contributed by atoms with Crippen LogP contribution in [0.15, 0.2) is 24.4 Å². The molecule has 1 aromatic heterocycles. The van der Waals surface area contributed by atoms with Gasteiger partial charge < -0.3 is 20.3 Å². The number of carbonyl (C=O) groups is 1. The third-order valence-corrected chi connectivity index (χ3v) is 4.19. The van der Waals surface area contributed by atoms with E-state index in [0.717, 1.165) is 5.56 Å². The number of aliphatic hydroxyl groups excluding tert-OH is 1.